The molecule has 3 heterocycles. The Morgan fingerprint density at radius 2 is 1.92 bits per heavy atom. The molecule has 0 radical (unpaired) electrons. The van der Waals surface area contributed by atoms with E-state index in [0.717, 1.165) is 27.9 Å². The summed E-state index contributed by atoms with van der Waals surface area (Å²) < 4.78 is 13.0. The Morgan fingerprint density at radius 3 is 2.69 bits per heavy atom. The van der Waals surface area contributed by atoms with Crippen molar-refractivity contribution in [3.05, 3.63) is 66.2 Å². The van der Waals surface area contributed by atoms with Gasteiger partial charge in [-0.05, 0) is 41.8 Å². The first-order valence-electron chi connectivity index (χ1n) is 8.31. The summed E-state index contributed by atoms with van der Waals surface area (Å²) >= 11 is 0. The van der Waals surface area contributed by atoms with Gasteiger partial charge in [0, 0.05) is 23.7 Å². The average molecular weight is 348 g/mol. The van der Waals surface area contributed by atoms with Crippen LogP contribution in [0.2, 0.25) is 0 Å². The minimum Gasteiger partial charge on any atom is -0.368 e. The zero-order valence-electron chi connectivity index (χ0n) is 14.1. The van der Waals surface area contributed by atoms with Crippen molar-refractivity contribution in [2.45, 2.75) is 12.8 Å². The van der Waals surface area contributed by atoms with Gasteiger partial charge in [-0.3, -0.25) is 5.10 Å². The van der Waals surface area contributed by atoms with Gasteiger partial charge in [-0.2, -0.15) is 5.10 Å². The number of pyridine rings is 1. The van der Waals surface area contributed by atoms with Gasteiger partial charge in [-0.15, -0.1) is 10.2 Å². The van der Waals surface area contributed by atoms with Crippen LogP contribution in [0.4, 0.5) is 10.2 Å². The monoisotopic (exact) mass is 348 g/mol. The van der Waals surface area contributed by atoms with Crippen LogP contribution in [0.15, 0.2) is 54.9 Å². The van der Waals surface area contributed by atoms with E-state index in [1.54, 1.807) is 24.5 Å². The highest BCUT2D eigenvalue weighted by molar-refractivity contribution is 5.79. The maximum Gasteiger partial charge on any atom is 0.155 e. The molecule has 3 aromatic heterocycles. The predicted molar refractivity (Wildman–Crippen MR) is 98.2 cm³/mol. The first-order chi connectivity index (χ1) is 12.7. The second-order valence-electron chi connectivity index (χ2n) is 6.17. The quantitative estimate of drug-likeness (QED) is 0.574. The number of halogens is 1. The van der Waals surface area contributed by atoms with Gasteiger partial charge in [0.05, 0.1) is 11.9 Å². The number of aromatic amines is 1. The predicted octanol–water partition coefficient (Wildman–Crippen LogP) is 3.77. The Balaban J connectivity index is 1.43. The summed E-state index contributed by atoms with van der Waals surface area (Å²) in [5.41, 5.74) is 3.45. The van der Waals surface area contributed by atoms with Crippen molar-refractivity contribution in [2.75, 3.05) is 11.9 Å². The van der Waals surface area contributed by atoms with Crippen molar-refractivity contribution < 1.29 is 4.39 Å². The van der Waals surface area contributed by atoms with E-state index in [4.69, 9.17) is 0 Å². The summed E-state index contributed by atoms with van der Waals surface area (Å²) in [6.07, 6.45) is 3.47. The Kier molecular flexibility index (Phi) is 4.27. The molecule has 7 heteroatoms. The van der Waals surface area contributed by atoms with Crippen molar-refractivity contribution in [3.8, 4) is 11.3 Å². The Labute approximate surface area is 149 Å². The molecular weight excluding hydrogens is 331 g/mol. The van der Waals surface area contributed by atoms with Gasteiger partial charge >= 0.3 is 0 Å². The van der Waals surface area contributed by atoms with Crippen molar-refractivity contribution >= 4 is 16.9 Å². The van der Waals surface area contributed by atoms with Crippen LogP contribution in [0, 0.1) is 5.82 Å². The van der Waals surface area contributed by atoms with Gasteiger partial charge in [0.1, 0.15) is 11.6 Å². The van der Waals surface area contributed by atoms with E-state index >= 15 is 0 Å². The van der Waals surface area contributed by atoms with E-state index in [2.05, 4.69) is 37.6 Å². The summed E-state index contributed by atoms with van der Waals surface area (Å²) in [4.78, 5) is 4.31. The molecule has 0 aliphatic rings. The van der Waals surface area contributed by atoms with Gasteiger partial charge in [-0.1, -0.05) is 19.1 Å². The van der Waals surface area contributed by atoms with Gasteiger partial charge in [0.15, 0.2) is 5.65 Å². The highest BCUT2D eigenvalue weighted by atomic mass is 19.1. The number of hydrogen-bond donors (Lipinski definition) is 2. The Bertz CT molecular complexity index is 1010. The van der Waals surface area contributed by atoms with Crippen LogP contribution in [-0.4, -0.2) is 31.9 Å². The number of anilines is 1. The molecule has 0 spiro atoms. The molecule has 6 nitrogen and oxygen atoms in total. The molecule has 1 unspecified atom stereocenters. The SMILES string of the molecule is CC(CNc1ccc(-c2cnc3[nH]ncc3c2)nn1)c1ccc(F)cc1. The third kappa shape index (κ3) is 3.37. The van der Waals surface area contributed by atoms with E-state index in [0.29, 0.717) is 12.4 Å². The van der Waals surface area contributed by atoms with Gasteiger partial charge in [-0.25, -0.2) is 9.37 Å². The fraction of sp³-hybridized carbons (Fsp3) is 0.158. The summed E-state index contributed by atoms with van der Waals surface area (Å²) in [7, 11) is 0. The molecular formula is C19H17FN6. The summed E-state index contributed by atoms with van der Waals surface area (Å²) in [6, 6.07) is 12.3. The number of hydrogen-bond acceptors (Lipinski definition) is 5. The second kappa shape index (κ2) is 6.87. The lowest BCUT2D eigenvalue weighted by Gasteiger charge is -2.13. The fourth-order valence-electron chi connectivity index (χ4n) is 2.72. The fourth-order valence-corrected chi connectivity index (χ4v) is 2.72. The Hall–Kier alpha value is -3.35. The van der Waals surface area contributed by atoms with Crippen LogP contribution in [0.1, 0.15) is 18.4 Å². The zero-order valence-corrected chi connectivity index (χ0v) is 14.1. The lowest BCUT2D eigenvalue weighted by Crippen LogP contribution is -2.11. The summed E-state index contributed by atoms with van der Waals surface area (Å²) in [5.74, 6) is 0.697. The molecule has 4 aromatic rings. The molecule has 0 saturated heterocycles. The van der Waals surface area contributed by atoms with Gasteiger partial charge in [0.2, 0.25) is 0 Å². The molecule has 0 aliphatic heterocycles. The number of H-pyrrole nitrogens is 1. The Morgan fingerprint density at radius 1 is 1.08 bits per heavy atom. The minimum atomic E-state index is -0.224. The number of aromatic nitrogens is 5. The molecule has 0 amide bonds. The van der Waals surface area contributed by atoms with E-state index in [9.17, 15) is 4.39 Å². The smallest absolute Gasteiger partial charge is 0.155 e. The molecule has 1 aromatic carbocycles. The second-order valence-corrected chi connectivity index (χ2v) is 6.17. The molecule has 26 heavy (non-hydrogen) atoms. The first-order valence-corrected chi connectivity index (χ1v) is 8.31. The van der Waals surface area contributed by atoms with E-state index in [-0.39, 0.29) is 11.7 Å². The molecule has 2 N–H and O–H groups in total. The number of rotatable bonds is 5. The van der Waals surface area contributed by atoms with Crippen molar-refractivity contribution in [3.63, 3.8) is 0 Å². The lowest BCUT2D eigenvalue weighted by atomic mass is 10.0. The van der Waals surface area contributed by atoms with Crippen LogP contribution < -0.4 is 5.32 Å². The van der Waals surface area contributed by atoms with Crippen molar-refractivity contribution in [2.24, 2.45) is 0 Å². The number of nitrogens with zero attached hydrogens (tertiary/aromatic N) is 4. The number of benzene rings is 1. The molecule has 0 aliphatic carbocycles. The maximum atomic E-state index is 13.0. The van der Waals surface area contributed by atoms with Crippen molar-refractivity contribution in [1.82, 2.24) is 25.4 Å². The topological polar surface area (TPSA) is 79.4 Å². The van der Waals surface area contributed by atoms with Gasteiger partial charge in [0.25, 0.3) is 0 Å². The normalized spacial score (nSPS) is 12.2. The van der Waals surface area contributed by atoms with E-state index in [1.807, 2.05) is 18.2 Å². The average Bonchev–Trinajstić information content (AvgIpc) is 3.15. The molecule has 4 rings (SSSR count). The highest BCUT2D eigenvalue weighted by Crippen LogP contribution is 2.21. The number of nitrogens with one attached hydrogen (secondary N) is 2. The highest BCUT2D eigenvalue weighted by Gasteiger charge is 2.08. The molecule has 130 valence electrons. The van der Waals surface area contributed by atoms with Crippen LogP contribution >= 0.6 is 0 Å². The lowest BCUT2D eigenvalue weighted by molar-refractivity contribution is 0.626. The van der Waals surface area contributed by atoms with E-state index in [1.165, 1.54) is 12.1 Å². The third-order valence-corrected chi connectivity index (χ3v) is 4.28. The standard InChI is InChI=1S/C19H17FN6/c1-12(13-2-4-16(20)5-3-13)9-21-18-7-6-17(24-25-18)14-8-15-11-23-26-19(15)22-10-14/h2-8,10-12H,9H2,1H3,(H,21,25)(H,22,23,26). The van der Waals surface area contributed by atoms with Crippen molar-refractivity contribution in [1.29, 1.82) is 0 Å². The molecule has 0 fully saturated rings. The maximum absolute atomic E-state index is 13.0. The number of fused-ring (bicyclic) bond motifs is 1. The van der Waals surface area contributed by atoms with Gasteiger partial charge < -0.3 is 5.32 Å². The largest absolute Gasteiger partial charge is 0.368 e. The van der Waals surface area contributed by atoms with Crippen LogP contribution in [0.25, 0.3) is 22.3 Å². The summed E-state index contributed by atoms with van der Waals surface area (Å²) in [6.45, 7) is 2.76. The van der Waals surface area contributed by atoms with E-state index < -0.39 is 0 Å². The minimum absolute atomic E-state index is 0.224. The zero-order chi connectivity index (χ0) is 17.9. The molecule has 0 bridgehead atoms. The van der Waals surface area contributed by atoms with Crippen LogP contribution in [0.5, 0.6) is 0 Å². The first kappa shape index (κ1) is 16.1. The van der Waals surface area contributed by atoms with Crippen LogP contribution in [0.3, 0.4) is 0 Å². The molecule has 1 atom stereocenters. The summed E-state index contributed by atoms with van der Waals surface area (Å²) in [5, 5.41) is 19.5. The molecule has 0 saturated carbocycles. The third-order valence-electron chi connectivity index (χ3n) is 4.28. The van der Waals surface area contributed by atoms with Crippen LogP contribution in [-0.2, 0) is 0 Å².